The van der Waals surface area contributed by atoms with E-state index in [1.165, 1.54) is 26.4 Å². The Morgan fingerprint density at radius 3 is 2.12 bits per heavy atom. The number of methoxy groups -OCH3 is 2. The van der Waals surface area contributed by atoms with Gasteiger partial charge in [-0.1, -0.05) is 77.6 Å². The fraction of sp³-hybridized carbons (Fsp3) is 0.333. The Hall–Kier alpha value is -2.95. The molecular weight excluding hydrogens is 474 g/mol. The molecule has 0 spiro atoms. The van der Waals surface area contributed by atoms with Gasteiger partial charge in [0.1, 0.15) is 21.2 Å². The van der Waals surface area contributed by atoms with Crippen LogP contribution in [0.15, 0.2) is 70.8 Å². The first-order valence-electron chi connectivity index (χ1n) is 10.6. The highest BCUT2D eigenvalue weighted by Crippen LogP contribution is 2.22. The first-order valence-corrected chi connectivity index (χ1v) is 15.1. The fourth-order valence-electron chi connectivity index (χ4n) is 3.31. The molecule has 0 bridgehead atoms. The molecule has 0 aliphatic rings. The SMILES string of the molecule is COC(=O)CN(C/C(=C\COC(=O)OC)[Si](C)(C)c1ccccc1)S(=O)(=O)c1ccc(C)cc1. The van der Waals surface area contributed by atoms with Gasteiger partial charge in [-0.25, -0.2) is 13.2 Å². The van der Waals surface area contributed by atoms with Gasteiger partial charge in [0, 0.05) is 6.54 Å². The van der Waals surface area contributed by atoms with E-state index in [0.29, 0.717) is 0 Å². The number of sulfonamides is 1. The zero-order chi connectivity index (χ0) is 25.4. The number of aryl methyl sites for hydroxylation is 1. The molecule has 0 aliphatic heterocycles. The Labute approximate surface area is 202 Å². The molecule has 0 amide bonds. The molecule has 34 heavy (non-hydrogen) atoms. The van der Waals surface area contributed by atoms with Gasteiger partial charge in [-0.05, 0) is 19.1 Å². The fourth-order valence-corrected chi connectivity index (χ4v) is 7.36. The third-order valence-electron chi connectivity index (χ3n) is 5.53. The number of carbonyl (C=O) groups excluding carboxylic acids is 2. The standard InChI is InChI=1S/C24H31NO7SSi/c1-19-11-13-20(14-12-19)33(28,29)25(18-23(26)30-2)17-22(15-16-32-24(27)31-3)34(4,5)21-9-7-6-8-10-21/h6-15H,16-18H2,1-5H3/b22-15+. The number of hydrogen-bond acceptors (Lipinski definition) is 7. The van der Waals surface area contributed by atoms with Crippen LogP contribution in [0, 0.1) is 6.92 Å². The number of nitrogens with zero attached hydrogens (tertiary/aromatic N) is 1. The van der Waals surface area contributed by atoms with Gasteiger partial charge in [0.2, 0.25) is 10.0 Å². The lowest BCUT2D eigenvalue weighted by Crippen LogP contribution is -2.49. The molecule has 0 fully saturated rings. The second-order valence-corrected chi connectivity index (χ2v) is 14.6. The summed E-state index contributed by atoms with van der Waals surface area (Å²) < 4.78 is 42.5. The van der Waals surface area contributed by atoms with E-state index in [2.05, 4.69) is 17.8 Å². The van der Waals surface area contributed by atoms with E-state index < -0.39 is 36.8 Å². The minimum atomic E-state index is -4.03. The molecule has 0 atom stereocenters. The maximum Gasteiger partial charge on any atom is 0.508 e. The van der Waals surface area contributed by atoms with Crippen LogP contribution in [-0.4, -0.2) is 66.8 Å². The smallest absolute Gasteiger partial charge is 0.468 e. The van der Waals surface area contributed by atoms with Crippen molar-refractivity contribution in [2.24, 2.45) is 0 Å². The molecule has 0 radical (unpaired) electrons. The van der Waals surface area contributed by atoms with Crippen molar-refractivity contribution in [3.63, 3.8) is 0 Å². The van der Waals surface area contributed by atoms with Crippen LogP contribution in [0.2, 0.25) is 13.1 Å². The number of rotatable bonds is 10. The van der Waals surface area contributed by atoms with Crippen molar-refractivity contribution in [3.8, 4) is 0 Å². The molecule has 8 nitrogen and oxygen atoms in total. The summed E-state index contributed by atoms with van der Waals surface area (Å²) in [5.41, 5.74) is 0.914. The van der Waals surface area contributed by atoms with Crippen LogP contribution in [0.25, 0.3) is 0 Å². The van der Waals surface area contributed by atoms with E-state index in [4.69, 9.17) is 9.47 Å². The van der Waals surface area contributed by atoms with Gasteiger partial charge in [-0.2, -0.15) is 4.31 Å². The van der Waals surface area contributed by atoms with E-state index in [9.17, 15) is 18.0 Å². The monoisotopic (exact) mass is 505 g/mol. The number of esters is 1. The number of ether oxygens (including phenoxy) is 3. The highest BCUT2D eigenvalue weighted by atomic mass is 32.2. The molecule has 184 valence electrons. The summed E-state index contributed by atoms with van der Waals surface area (Å²) in [5, 5.41) is 1.83. The van der Waals surface area contributed by atoms with Crippen LogP contribution in [-0.2, 0) is 29.0 Å². The van der Waals surface area contributed by atoms with Crippen LogP contribution < -0.4 is 5.19 Å². The largest absolute Gasteiger partial charge is 0.508 e. The molecule has 0 aromatic heterocycles. The molecule has 0 aliphatic carbocycles. The van der Waals surface area contributed by atoms with Crippen LogP contribution in [0.5, 0.6) is 0 Å². The molecule has 0 saturated carbocycles. The Bertz CT molecular complexity index is 1110. The molecule has 2 rings (SSSR count). The molecule has 10 heteroatoms. The van der Waals surface area contributed by atoms with E-state index in [1.54, 1.807) is 18.2 Å². The van der Waals surface area contributed by atoms with E-state index >= 15 is 0 Å². The normalized spacial score (nSPS) is 12.4. The predicted octanol–water partition coefficient (Wildman–Crippen LogP) is 3.02. The van der Waals surface area contributed by atoms with Crippen LogP contribution >= 0.6 is 0 Å². The van der Waals surface area contributed by atoms with Crippen molar-refractivity contribution in [1.82, 2.24) is 4.31 Å². The summed E-state index contributed by atoms with van der Waals surface area (Å²) >= 11 is 0. The first kappa shape index (κ1) is 27.3. The van der Waals surface area contributed by atoms with Gasteiger partial charge in [-0.3, -0.25) is 4.79 Å². The van der Waals surface area contributed by atoms with Crippen LogP contribution in [0.3, 0.4) is 0 Å². The minimum Gasteiger partial charge on any atom is -0.468 e. The zero-order valence-corrected chi connectivity index (χ0v) is 21.9. The minimum absolute atomic E-state index is 0.0655. The molecular formula is C24H31NO7SSi. The highest BCUT2D eigenvalue weighted by Gasteiger charge is 2.34. The van der Waals surface area contributed by atoms with Crippen LogP contribution in [0.1, 0.15) is 5.56 Å². The Kier molecular flexibility index (Phi) is 9.60. The third-order valence-corrected chi connectivity index (χ3v) is 11.1. The van der Waals surface area contributed by atoms with E-state index in [-0.39, 0.29) is 18.0 Å². The molecule has 0 N–H and O–H groups in total. The quantitative estimate of drug-likeness (QED) is 0.361. The topological polar surface area (TPSA) is 99.2 Å². The van der Waals surface area contributed by atoms with Gasteiger partial charge in [0.15, 0.2) is 0 Å². The van der Waals surface area contributed by atoms with Crippen molar-refractivity contribution in [2.45, 2.75) is 24.9 Å². The molecule has 0 unspecified atom stereocenters. The second kappa shape index (κ2) is 12.0. The summed E-state index contributed by atoms with van der Waals surface area (Å²) in [6.07, 6.45) is 0.860. The van der Waals surface area contributed by atoms with Crippen molar-refractivity contribution < 1.29 is 32.2 Å². The van der Waals surface area contributed by atoms with Crippen LogP contribution in [0.4, 0.5) is 4.79 Å². The maximum atomic E-state index is 13.5. The number of benzene rings is 2. The molecule has 0 saturated heterocycles. The summed E-state index contributed by atoms with van der Waals surface area (Å²) in [6.45, 7) is 5.38. The third kappa shape index (κ3) is 7.02. The Balaban J connectivity index is 2.52. The van der Waals surface area contributed by atoms with Crippen molar-refractivity contribution in [3.05, 3.63) is 71.4 Å². The lowest BCUT2D eigenvalue weighted by atomic mass is 10.2. The lowest BCUT2D eigenvalue weighted by Gasteiger charge is -2.31. The Morgan fingerprint density at radius 1 is 0.941 bits per heavy atom. The van der Waals surface area contributed by atoms with Gasteiger partial charge in [-0.15, -0.1) is 0 Å². The predicted molar refractivity (Wildman–Crippen MR) is 132 cm³/mol. The van der Waals surface area contributed by atoms with Gasteiger partial charge >= 0.3 is 12.1 Å². The average molecular weight is 506 g/mol. The summed E-state index contributed by atoms with van der Waals surface area (Å²) in [7, 11) is -4.04. The number of carbonyl (C=O) groups is 2. The van der Waals surface area contributed by atoms with Crippen molar-refractivity contribution in [1.29, 1.82) is 0 Å². The zero-order valence-electron chi connectivity index (χ0n) is 20.1. The average Bonchev–Trinajstić information content (AvgIpc) is 2.83. The Morgan fingerprint density at radius 2 is 1.56 bits per heavy atom. The lowest BCUT2D eigenvalue weighted by molar-refractivity contribution is -0.140. The summed E-state index contributed by atoms with van der Waals surface area (Å²) in [6, 6.07) is 16.1. The van der Waals surface area contributed by atoms with E-state index in [1.807, 2.05) is 37.3 Å². The summed E-state index contributed by atoms with van der Waals surface area (Å²) in [5.74, 6) is -0.681. The molecule has 2 aromatic carbocycles. The summed E-state index contributed by atoms with van der Waals surface area (Å²) in [4.78, 5) is 23.7. The number of hydrogen-bond donors (Lipinski definition) is 0. The molecule has 2 aromatic rings. The van der Waals surface area contributed by atoms with Crippen molar-refractivity contribution in [2.75, 3.05) is 33.9 Å². The van der Waals surface area contributed by atoms with E-state index in [0.717, 1.165) is 20.3 Å². The van der Waals surface area contributed by atoms with Gasteiger partial charge < -0.3 is 14.2 Å². The van der Waals surface area contributed by atoms with Crippen molar-refractivity contribution >= 4 is 35.4 Å². The maximum absolute atomic E-state index is 13.5. The first-order chi connectivity index (χ1) is 16.0. The van der Waals surface area contributed by atoms with Gasteiger partial charge in [0.05, 0.1) is 19.1 Å². The van der Waals surface area contributed by atoms with Gasteiger partial charge in [0.25, 0.3) is 0 Å². The molecule has 0 heterocycles. The highest BCUT2D eigenvalue weighted by molar-refractivity contribution is 7.89. The second-order valence-electron chi connectivity index (χ2n) is 8.15.